The van der Waals surface area contributed by atoms with Crippen LogP contribution in [0.4, 0.5) is 0 Å². The zero-order valence-electron chi connectivity index (χ0n) is 43.5. The van der Waals surface area contributed by atoms with E-state index in [4.69, 9.17) is 19.3 Å². The van der Waals surface area contributed by atoms with Crippen molar-refractivity contribution in [1.29, 1.82) is 0 Å². The largest absolute Gasteiger partial charge is 0.463 e. The van der Waals surface area contributed by atoms with Crippen molar-refractivity contribution in [3.05, 3.63) is 143 Å². The molecule has 0 bridgehead atoms. The molecule has 6 atom stereocenters. The van der Waals surface area contributed by atoms with Crippen molar-refractivity contribution in [1.82, 2.24) is 0 Å². The van der Waals surface area contributed by atoms with Crippen LogP contribution in [0, 0.1) is 10.8 Å². The van der Waals surface area contributed by atoms with Gasteiger partial charge in [0.25, 0.3) is 0 Å². The molecule has 71 heavy (non-hydrogen) atoms. The summed E-state index contributed by atoms with van der Waals surface area (Å²) in [6, 6.07) is 0. The molecule has 2 aliphatic rings. The van der Waals surface area contributed by atoms with E-state index < -0.39 is 79.6 Å². The monoisotopic (exact) mass is 987 g/mol. The quantitative estimate of drug-likeness (QED) is 0.0351. The molecule has 0 spiro atoms. The molecule has 14 nitrogen and oxygen atoms in total. The average molecular weight is 987 g/mol. The Morgan fingerprint density at radius 3 is 1.46 bits per heavy atom. The number of allylic oxidation sites excluding steroid dienone is 20. The van der Waals surface area contributed by atoms with E-state index in [1.54, 1.807) is 26.0 Å². The maximum Gasteiger partial charge on any atom is 0.307 e. The lowest BCUT2D eigenvalue weighted by molar-refractivity contribution is -0.161. The Balaban J connectivity index is 0.000000846. The summed E-state index contributed by atoms with van der Waals surface area (Å²) in [4.78, 5) is 73.0. The number of esters is 3. The van der Waals surface area contributed by atoms with Crippen LogP contribution in [0.15, 0.2) is 143 Å². The Morgan fingerprint density at radius 1 is 0.606 bits per heavy atom. The summed E-state index contributed by atoms with van der Waals surface area (Å²) in [6.07, 6.45) is 18.1. The fourth-order valence-electron chi connectivity index (χ4n) is 7.43. The minimum atomic E-state index is -1.88. The molecule has 0 saturated carbocycles. The SMILES string of the molecule is C=C/C(C)=C/C=C/C=C(C)/C=C/C=C(C)/C=C/C1=C(C)C(=O)C(OC(=O)CCC(=O)OCC(O)C(O)C(O)C(O)CO)CC1(C)C.C=C/C=C(C)/C=C/C1=C(C)C(=O)C(OC(=O)CCC(C)=O)CC1(C)C. The van der Waals surface area contributed by atoms with Gasteiger partial charge in [-0.2, -0.15) is 0 Å². The van der Waals surface area contributed by atoms with E-state index in [2.05, 4.69) is 13.2 Å². The Kier molecular flexibility index (Phi) is 27.3. The molecule has 0 heterocycles. The summed E-state index contributed by atoms with van der Waals surface area (Å²) in [7, 11) is 0. The van der Waals surface area contributed by atoms with Crippen molar-refractivity contribution >= 4 is 35.3 Å². The van der Waals surface area contributed by atoms with Crippen molar-refractivity contribution in [3.63, 3.8) is 0 Å². The summed E-state index contributed by atoms with van der Waals surface area (Å²) in [5, 5.41) is 47.4. The standard InChI is InChI=1S/C36H50O10.C21H28O4/c1-8-23(2)12-9-10-13-24(3)14-11-15-25(4)16-17-27-26(5)33(42)30(20-36(27,6)7)46-32(41)19-18-31(40)45-22-29(39)35(44)34(43)28(38)21-37;1-7-8-14(2)9-11-17-16(4)20(24)18(13-21(17,5)6)25-19(23)12-10-15(3)22/h8-17,28-30,34-35,37-39,43-44H,1,18-22H2,2-7H3;7-9,11,18H,1,10,12-13H2,2-6H3/b10-9+,14-11+,17-16+,23-12+,24-13+,25-15+;11-9+,14-8+. The lowest BCUT2D eigenvalue weighted by Crippen LogP contribution is -2.47. The molecule has 6 unspecified atom stereocenters. The van der Waals surface area contributed by atoms with Gasteiger partial charge in [0.05, 0.1) is 25.9 Å². The van der Waals surface area contributed by atoms with Gasteiger partial charge in [0.1, 0.15) is 36.8 Å². The predicted octanol–water partition coefficient (Wildman–Crippen LogP) is 7.94. The van der Waals surface area contributed by atoms with Gasteiger partial charge in [-0.15, -0.1) is 0 Å². The number of hydrogen-bond acceptors (Lipinski definition) is 14. The van der Waals surface area contributed by atoms with Crippen molar-refractivity contribution in [2.45, 2.75) is 151 Å². The number of ketones is 3. The molecule has 2 aliphatic carbocycles. The Morgan fingerprint density at radius 2 is 1.01 bits per heavy atom. The lowest BCUT2D eigenvalue weighted by Gasteiger charge is -2.36. The maximum atomic E-state index is 13.1. The first-order chi connectivity index (χ1) is 33.1. The highest BCUT2D eigenvalue weighted by atomic mass is 16.6. The van der Waals surface area contributed by atoms with Gasteiger partial charge in [-0.3, -0.25) is 24.0 Å². The molecule has 0 fully saturated rings. The molecule has 0 saturated heterocycles. The molecule has 0 aromatic heterocycles. The zero-order valence-corrected chi connectivity index (χ0v) is 43.5. The summed E-state index contributed by atoms with van der Waals surface area (Å²) >= 11 is 0. The molecule has 2 rings (SSSR count). The third kappa shape index (κ3) is 22.4. The summed E-state index contributed by atoms with van der Waals surface area (Å²) in [6.45, 7) is 26.6. The van der Waals surface area contributed by atoms with Gasteiger partial charge < -0.3 is 44.5 Å². The maximum absolute atomic E-state index is 13.1. The molecule has 390 valence electrons. The van der Waals surface area contributed by atoms with Crippen molar-refractivity contribution in [3.8, 4) is 0 Å². The van der Waals surface area contributed by atoms with Crippen molar-refractivity contribution < 1.29 is 68.5 Å². The van der Waals surface area contributed by atoms with Gasteiger partial charge in [-0.05, 0) is 81.6 Å². The van der Waals surface area contributed by atoms with Crippen LogP contribution in [0.1, 0.15) is 115 Å². The summed E-state index contributed by atoms with van der Waals surface area (Å²) in [5.74, 6) is -2.70. The first kappa shape index (κ1) is 63.1. The zero-order chi connectivity index (χ0) is 54.2. The van der Waals surface area contributed by atoms with Crippen LogP contribution in [0.2, 0.25) is 0 Å². The summed E-state index contributed by atoms with van der Waals surface area (Å²) < 4.78 is 15.6. The number of carbonyl (C=O) groups is 6. The van der Waals surface area contributed by atoms with Crippen LogP contribution in [-0.2, 0) is 43.0 Å². The van der Waals surface area contributed by atoms with E-state index in [9.17, 15) is 49.2 Å². The van der Waals surface area contributed by atoms with Crippen molar-refractivity contribution in [2.75, 3.05) is 13.2 Å². The summed E-state index contributed by atoms with van der Waals surface area (Å²) in [5.41, 5.74) is 6.29. The fraction of sp³-hybridized carbons (Fsp3) is 0.474. The van der Waals surface area contributed by atoms with E-state index >= 15 is 0 Å². The second-order valence-electron chi connectivity index (χ2n) is 19.1. The first-order valence-corrected chi connectivity index (χ1v) is 23.6. The second kappa shape index (κ2) is 30.8. The molecular formula is C57H78O14. The fourth-order valence-corrected chi connectivity index (χ4v) is 7.43. The molecule has 0 radical (unpaired) electrons. The number of hydrogen-bond donors (Lipinski definition) is 5. The average Bonchev–Trinajstić information content (AvgIpc) is 3.30. The van der Waals surface area contributed by atoms with Crippen molar-refractivity contribution in [2.24, 2.45) is 10.8 Å². The third-order valence-electron chi connectivity index (χ3n) is 11.8. The Bertz CT molecular complexity index is 2250. The topological polar surface area (TPSA) is 231 Å². The van der Waals surface area contributed by atoms with Crippen LogP contribution in [0.5, 0.6) is 0 Å². The highest BCUT2D eigenvalue weighted by Gasteiger charge is 2.41. The van der Waals surface area contributed by atoms with Gasteiger partial charge in [0, 0.05) is 19.3 Å². The van der Waals surface area contributed by atoms with Crippen LogP contribution in [0.3, 0.4) is 0 Å². The van der Waals surface area contributed by atoms with Gasteiger partial charge in [-0.25, -0.2) is 0 Å². The van der Waals surface area contributed by atoms with E-state index in [-0.39, 0.29) is 48.4 Å². The molecule has 0 aromatic rings. The number of rotatable bonds is 24. The van der Waals surface area contributed by atoms with E-state index in [0.29, 0.717) is 17.6 Å². The molecular weight excluding hydrogens is 909 g/mol. The number of Topliss-reactive ketones (excluding diaryl/α,β-unsaturated/α-hetero) is 3. The predicted molar refractivity (Wildman–Crippen MR) is 275 cm³/mol. The highest BCUT2D eigenvalue weighted by molar-refractivity contribution is 6.02. The number of aliphatic hydroxyl groups is 5. The second-order valence-corrected chi connectivity index (χ2v) is 19.1. The number of aliphatic hydroxyl groups excluding tert-OH is 5. The highest BCUT2D eigenvalue weighted by Crippen LogP contribution is 2.42. The first-order valence-electron chi connectivity index (χ1n) is 23.6. The Hall–Kier alpha value is -5.90. The molecule has 0 amide bonds. The Labute approximate surface area is 420 Å². The van der Waals surface area contributed by atoms with E-state index in [0.717, 1.165) is 33.4 Å². The number of ether oxygens (including phenoxy) is 3. The van der Waals surface area contributed by atoms with Gasteiger partial charge in [0.15, 0.2) is 23.8 Å². The minimum absolute atomic E-state index is 0.0145. The molecule has 0 aliphatic heterocycles. The molecule has 14 heteroatoms. The normalized spacial score (nSPS) is 20.7. The van der Waals surface area contributed by atoms with Gasteiger partial charge >= 0.3 is 17.9 Å². The smallest absolute Gasteiger partial charge is 0.307 e. The molecule has 5 N–H and O–H groups in total. The number of carbonyl (C=O) groups excluding carboxylic acids is 6. The van der Waals surface area contributed by atoms with E-state index in [1.165, 1.54) is 6.92 Å². The van der Waals surface area contributed by atoms with Crippen LogP contribution in [0.25, 0.3) is 0 Å². The van der Waals surface area contributed by atoms with Gasteiger partial charge in [0.2, 0.25) is 0 Å². The van der Waals surface area contributed by atoms with Gasteiger partial charge in [-0.1, -0.05) is 148 Å². The third-order valence-corrected chi connectivity index (χ3v) is 11.8. The molecule has 0 aromatic carbocycles. The lowest BCUT2D eigenvalue weighted by atomic mass is 9.71. The van der Waals surface area contributed by atoms with Crippen LogP contribution in [-0.4, -0.2) is 111 Å². The van der Waals surface area contributed by atoms with E-state index in [1.807, 2.05) is 128 Å². The van der Waals surface area contributed by atoms with Crippen LogP contribution >= 0.6 is 0 Å². The minimum Gasteiger partial charge on any atom is -0.463 e. The van der Waals surface area contributed by atoms with Crippen LogP contribution < -0.4 is 0 Å².